The topological polar surface area (TPSA) is 52.7 Å². The van der Waals surface area contributed by atoms with E-state index >= 15 is 0 Å². The fourth-order valence-electron chi connectivity index (χ4n) is 5.29. The number of likely N-dealkylation sites (tertiary alicyclic amines) is 1. The Bertz CT molecular complexity index is 946. The van der Waals surface area contributed by atoms with Crippen molar-refractivity contribution in [3.05, 3.63) is 70.8 Å². The fourth-order valence-corrected chi connectivity index (χ4v) is 5.29. The van der Waals surface area contributed by atoms with Crippen LogP contribution < -0.4 is 5.32 Å². The lowest BCUT2D eigenvalue weighted by molar-refractivity contribution is -0.125. The van der Waals surface area contributed by atoms with Gasteiger partial charge < -0.3 is 15.1 Å². The molecule has 2 aliphatic rings. The summed E-state index contributed by atoms with van der Waals surface area (Å²) in [4.78, 5) is 30.6. The van der Waals surface area contributed by atoms with Gasteiger partial charge in [-0.3, -0.25) is 9.59 Å². The Morgan fingerprint density at radius 3 is 2.44 bits per heavy atom. The first-order chi connectivity index (χ1) is 15.4. The molecule has 0 saturated carbocycles. The minimum Gasteiger partial charge on any atom is -0.354 e. The van der Waals surface area contributed by atoms with Crippen molar-refractivity contribution in [2.45, 2.75) is 46.2 Å². The molecule has 0 spiro atoms. The number of carbonyl (C=O) groups excluding carboxylic acids is 2. The zero-order valence-electron chi connectivity index (χ0n) is 19.5. The molecule has 1 N–H and O–H groups in total. The summed E-state index contributed by atoms with van der Waals surface area (Å²) < 4.78 is 0. The Morgan fingerprint density at radius 2 is 1.72 bits per heavy atom. The lowest BCUT2D eigenvalue weighted by atomic mass is 9.92. The average Bonchev–Trinajstić information content (AvgIpc) is 3.04. The molecule has 1 saturated heterocycles. The summed E-state index contributed by atoms with van der Waals surface area (Å²) in [6.07, 6.45) is 2.23. The van der Waals surface area contributed by atoms with Crippen LogP contribution in [0.25, 0.3) is 0 Å². The Balaban J connectivity index is 1.40. The molecule has 0 aromatic heterocycles. The monoisotopic (exact) mass is 433 g/mol. The molecular formula is C27H35N3O2. The van der Waals surface area contributed by atoms with Gasteiger partial charge in [0.15, 0.2) is 0 Å². The highest BCUT2D eigenvalue weighted by atomic mass is 16.2. The summed E-state index contributed by atoms with van der Waals surface area (Å²) in [6, 6.07) is 15.1. The van der Waals surface area contributed by atoms with Gasteiger partial charge in [0.05, 0.1) is 0 Å². The number of nitrogens with zero attached hydrogens (tertiary/aromatic N) is 2. The van der Waals surface area contributed by atoms with E-state index in [1.54, 1.807) is 4.90 Å². The summed E-state index contributed by atoms with van der Waals surface area (Å²) in [5, 5.41) is 3.11. The summed E-state index contributed by atoms with van der Waals surface area (Å²) >= 11 is 0. The van der Waals surface area contributed by atoms with Crippen molar-refractivity contribution in [3.8, 4) is 0 Å². The zero-order valence-corrected chi connectivity index (χ0v) is 19.5. The van der Waals surface area contributed by atoms with Crippen LogP contribution in [0.5, 0.6) is 0 Å². The van der Waals surface area contributed by atoms with Gasteiger partial charge in [-0.15, -0.1) is 0 Å². The maximum Gasteiger partial charge on any atom is 0.255 e. The first-order valence-corrected chi connectivity index (χ1v) is 11.9. The first-order valence-electron chi connectivity index (χ1n) is 11.9. The Labute approximate surface area is 191 Å². The molecule has 32 heavy (non-hydrogen) atoms. The van der Waals surface area contributed by atoms with E-state index in [9.17, 15) is 9.59 Å². The average molecular weight is 434 g/mol. The highest BCUT2D eigenvalue weighted by molar-refractivity contribution is 6.04. The van der Waals surface area contributed by atoms with Gasteiger partial charge in [-0.2, -0.15) is 0 Å². The second kappa shape index (κ2) is 9.86. The minimum absolute atomic E-state index is 0.0717. The maximum absolute atomic E-state index is 13.2. The molecule has 170 valence electrons. The standard InChI is InChI=1S/C27H35N3O2/c1-19-9-11-22(12-10-19)18-30-25(23-7-4-5-8-24(23)27(30)32)26(31)28-13-6-14-29-16-20(2)15-21(3)17-29/h4-5,7-12,20-21,25H,6,13-18H2,1-3H3,(H,28,31)/t20-,21-,25-/m1/s1. The van der Waals surface area contributed by atoms with Crippen LogP contribution in [0.15, 0.2) is 48.5 Å². The molecule has 2 heterocycles. The van der Waals surface area contributed by atoms with Gasteiger partial charge in [0.25, 0.3) is 5.91 Å². The molecule has 2 aliphatic heterocycles. The molecule has 0 bridgehead atoms. The van der Waals surface area contributed by atoms with Gasteiger partial charge in [-0.05, 0) is 55.3 Å². The molecule has 2 aromatic carbocycles. The zero-order chi connectivity index (χ0) is 22.7. The van der Waals surface area contributed by atoms with Gasteiger partial charge in [0.1, 0.15) is 6.04 Å². The van der Waals surface area contributed by atoms with Crippen molar-refractivity contribution in [2.24, 2.45) is 11.8 Å². The minimum atomic E-state index is -0.574. The molecule has 0 radical (unpaired) electrons. The number of rotatable bonds is 7. The lowest BCUT2D eigenvalue weighted by Crippen LogP contribution is -2.41. The number of hydrogen-bond acceptors (Lipinski definition) is 3. The molecule has 4 rings (SSSR count). The number of carbonyl (C=O) groups is 2. The third-order valence-corrected chi connectivity index (χ3v) is 6.68. The fraction of sp³-hybridized carbons (Fsp3) is 0.481. The first kappa shape index (κ1) is 22.5. The van der Waals surface area contributed by atoms with Gasteiger partial charge in [-0.1, -0.05) is 61.9 Å². The van der Waals surface area contributed by atoms with Crippen molar-refractivity contribution >= 4 is 11.8 Å². The van der Waals surface area contributed by atoms with Crippen molar-refractivity contribution in [1.29, 1.82) is 0 Å². The Morgan fingerprint density at radius 1 is 1.03 bits per heavy atom. The van der Waals surface area contributed by atoms with Crippen LogP contribution in [0, 0.1) is 18.8 Å². The Kier molecular flexibility index (Phi) is 6.95. The number of nitrogens with one attached hydrogen (secondary N) is 1. The number of piperidine rings is 1. The van der Waals surface area contributed by atoms with E-state index in [0.29, 0.717) is 18.7 Å². The molecule has 2 aromatic rings. The Hall–Kier alpha value is -2.66. The summed E-state index contributed by atoms with van der Waals surface area (Å²) in [7, 11) is 0. The van der Waals surface area contributed by atoms with Gasteiger partial charge >= 0.3 is 0 Å². The van der Waals surface area contributed by atoms with Crippen molar-refractivity contribution in [2.75, 3.05) is 26.2 Å². The normalized spacial score (nSPS) is 23.3. The van der Waals surface area contributed by atoms with Gasteiger partial charge in [0, 0.05) is 31.7 Å². The summed E-state index contributed by atoms with van der Waals surface area (Å²) in [5.74, 6) is 1.32. The highest BCUT2D eigenvalue weighted by Gasteiger charge is 2.40. The molecule has 0 unspecified atom stereocenters. The number of fused-ring (bicyclic) bond motifs is 1. The highest BCUT2D eigenvalue weighted by Crippen LogP contribution is 2.35. The van der Waals surface area contributed by atoms with E-state index in [4.69, 9.17) is 0 Å². The van der Waals surface area contributed by atoms with E-state index < -0.39 is 6.04 Å². The van der Waals surface area contributed by atoms with E-state index in [2.05, 4.69) is 24.1 Å². The SMILES string of the molecule is Cc1ccc(CN2C(=O)c3ccccc3[C@@H]2C(=O)NCCCN2C[C@H](C)C[C@@H](C)C2)cc1. The number of aryl methyl sites for hydroxylation is 1. The lowest BCUT2D eigenvalue weighted by Gasteiger charge is -2.35. The van der Waals surface area contributed by atoms with Crippen molar-refractivity contribution < 1.29 is 9.59 Å². The van der Waals surface area contributed by atoms with Crippen molar-refractivity contribution in [1.82, 2.24) is 15.1 Å². The van der Waals surface area contributed by atoms with E-state index in [1.165, 1.54) is 12.0 Å². The second-order valence-electron chi connectivity index (χ2n) is 9.76. The molecule has 5 heteroatoms. The largest absolute Gasteiger partial charge is 0.354 e. The van der Waals surface area contributed by atoms with Gasteiger partial charge in [-0.25, -0.2) is 0 Å². The van der Waals surface area contributed by atoms with Crippen LogP contribution in [0.1, 0.15) is 59.8 Å². The number of benzene rings is 2. The molecule has 3 atom stereocenters. The van der Waals surface area contributed by atoms with Crippen LogP contribution in [-0.4, -0.2) is 47.8 Å². The van der Waals surface area contributed by atoms with E-state index in [-0.39, 0.29) is 11.8 Å². The van der Waals surface area contributed by atoms with Crippen LogP contribution >= 0.6 is 0 Å². The molecule has 5 nitrogen and oxygen atoms in total. The summed E-state index contributed by atoms with van der Waals surface area (Å²) in [6.45, 7) is 11.0. The number of hydrogen-bond donors (Lipinski definition) is 1. The van der Waals surface area contributed by atoms with E-state index in [1.807, 2.05) is 55.5 Å². The predicted molar refractivity (Wildman–Crippen MR) is 127 cm³/mol. The quantitative estimate of drug-likeness (QED) is 0.667. The van der Waals surface area contributed by atoms with Gasteiger partial charge in [0.2, 0.25) is 5.91 Å². The van der Waals surface area contributed by atoms with Crippen LogP contribution in [0.3, 0.4) is 0 Å². The maximum atomic E-state index is 13.2. The van der Waals surface area contributed by atoms with Crippen molar-refractivity contribution in [3.63, 3.8) is 0 Å². The smallest absolute Gasteiger partial charge is 0.255 e. The molecular weight excluding hydrogens is 398 g/mol. The van der Waals surface area contributed by atoms with E-state index in [0.717, 1.165) is 49.0 Å². The number of amides is 2. The second-order valence-corrected chi connectivity index (χ2v) is 9.76. The molecule has 1 fully saturated rings. The third-order valence-electron chi connectivity index (χ3n) is 6.68. The predicted octanol–water partition coefficient (Wildman–Crippen LogP) is 4.18. The van der Waals surface area contributed by atoms with Crippen LogP contribution in [0.2, 0.25) is 0 Å². The van der Waals surface area contributed by atoms with Crippen LogP contribution in [-0.2, 0) is 11.3 Å². The van der Waals surface area contributed by atoms with Crippen LogP contribution in [0.4, 0.5) is 0 Å². The third kappa shape index (κ3) is 5.04. The molecule has 2 amide bonds. The molecule has 0 aliphatic carbocycles. The summed E-state index contributed by atoms with van der Waals surface area (Å²) in [5.41, 5.74) is 3.65.